The Kier molecular flexibility index (Phi) is 14.8. The van der Waals surface area contributed by atoms with Crippen LogP contribution in [0.4, 0.5) is 0 Å². The van der Waals surface area contributed by atoms with Gasteiger partial charge in [-0.2, -0.15) is 13.5 Å². The molecule has 0 spiro atoms. The molecule has 11 rings (SSSR count). The van der Waals surface area contributed by atoms with Gasteiger partial charge in [0, 0.05) is 34.8 Å². The minimum absolute atomic E-state index is 0. The predicted octanol–water partition coefficient (Wildman–Crippen LogP) is 18.9. The van der Waals surface area contributed by atoms with Crippen LogP contribution in [0.2, 0.25) is 0 Å². The molecule has 10 aromatic rings. The Bertz CT molecular complexity index is 3860. The smallest absolute Gasteiger partial charge is 0.160 e. The molecule has 0 saturated heterocycles. The Morgan fingerprint density at radius 2 is 1.05 bits per heavy atom. The van der Waals surface area contributed by atoms with Gasteiger partial charge in [0.1, 0.15) is 0 Å². The van der Waals surface area contributed by atoms with Gasteiger partial charge in [0.05, 0.1) is 5.70 Å². The highest BCUT2D eigenvalue weighted by Gasteiger charge is 2.16. The fraction of sp³-hybridized carbons (Fsp3) is 0.0563. The van der Waals surface area contributed by atoms with Crippen molar-refractivity contribution in [3.8, 4) is 66.8 Å². The van der Waals surface area contributed by atoms with E-state index >= 15 is 0 Å². The Morgan fingerprint density at radius 1 is 0.507 bits per heavy atom. The van der Waals surface area contributed by atoms with E-state index in [1.54, 1.807) is 0 Å². The van der Waals surface area contributed by atoms with Crippen molar-refractivity contribution in [3.63, 3.8) is 0 Å². The number of hydrogen-bond acceptors (Lipinski definition) is 2. The normalized spacial score (nSPS) is 12.3. The van der Waals surface area contributed by atoms with Crippen LogP contribution in [-0.2, 0) is 6.42 Å². The lowest BCUT2D eigenvalue weighted by atomic mass is 9.89. The van der Waals surface area contributed by atoms with Crippen LogP contribution in [0.1, 0.15) is 59.2 Å². The third-order valence-corrected chi connectivity index (χ3v) is 14.1. The highest BCUT2D eigenvalue weighted by Crippen LogP contribution is 2.38. The van der Waals surface area contributed by atoms with Crippen molar-refractivity contribution in [2.24, 2.45) is 9.98 Å². The molecule has 0 unspecified atom stereocenters. The molecule has 75 heavy (non-hydrogen) atoms. The second-order valence-corrected chi connectivity index (χ2v) is 18.8. The van der Waals surface area contributed by atoms with Gasteiger partial charge in [-0.1, -0.05) is 213 Å². The second kappa shape index (κ2) is 22.4. The first-order valence-corrected chi connectivity index (χ1v) is 25.4. The molecule has 1 aliphatic rings. The van der Waals surface area contributed by atoms with Gasteiger partial charge in [0.25, 0.3) is 0 Å². The molecule has 9 aromatic carbocycles. The number of aliphatic imine (C=N–C) groups is 2. The number of allylic oxidation sites excluding steroid dienone is 2. The van der Waals surface area contributed by atoms with Crippen LogP contribution >= 0.6 is 13.5 Å². The first-order chi connectivity index (χ1) is 36.4. The standard InChI is InChI=1S/C71H55N3.H2S/c1-5-19-68-65(6-2)66-30-15-13-24-59(66)45-69(68)54-36-32-52(33-37-54)63-42-62(43-64(44-63)53-34-38-55(39-35-53)70-47-72-46-61-25-14-16-31-67(61)70)49(4)74-71(60-29-18-28-58(41-60)51-22-11-8-12-23-51)73-48(3)56-26-17-27-57(40-56)50-20-9-7-10-21-50;/h5-13,15-24,26-47H,2-3,14,25H2,1,4H3;1H2/b19-5-,73-71?,74-49?;. The Morgan fingerprint density at radius 3 is 1.69 bits per heavy atom. The number of pyridine rings is 1. The number of aromatic nitrogens is 1. The molecule has 0 aliphatic heterocycles. The average molecular weight is 984 g/mol. The third-order valence-electron chi connectivity index (χ3n) is 14.1. The molecule has 362 valence electrons. The van der Waals surface area contributed by atoms with Gasteiger partial charge in [-0.3, -0.25) is 4.98 Å². The number of rotatable bonds is 12. The summed E-state index contributed by atoms with van der Waals surface area (Å²) in [6.45, 7) is 12.9. The molecule has 0 saturated carbocycles. The van der Waals surface area contributed by atoms with Gasteiger partial charge in [-0.15, -0.1) is 0 Å². The van der Waals surface area contributed by atoms with Gasteiger partial charge >= 0.3 is 0 Å². The number of amidine groups is 1. The molecule has 0 radical (unpaired) electrons. The van der Waals surface area contributed by atoms with Crippen LogP contribution in [0.15, 0.2) is 254 Å². The average Bonchev–Trinajstić information content (AvgIpc) is 3.47. The molecule has 3 nitrogen and oxygen atoms in total. The van der Waals surface area contributed by atoms with E-state index in [1.165, 1.54) is 27.5 Å². The predicted molar refractivity (Wildman–Crippen MR) is 328 cm³/mol. The van der Waals surface area contributed by atoms with Crippen molar-refractivity contribution in [3.05, 3.63) is 283 Å². The SMILES string of the molecule is C=Cc1c(/C=C\C)c(-c2ccc(-c3cc(C(C)=NC(=NC(=C)c4cccc(-c5ccccc5)c4)c4cccc(-c5ccccc5)c4)cc(-c4ccc(-c5cncc6c5C=CCC6)cc4)c3)cc2)cc2ccccc12.S. The summed E-state index contributed by atoms with van der Waals surface area (Å²) in [5.41, 5.74) is 22.6. The van der Waals surface area contributed by atoms with E-state index in [1.807, 2.05) is 30.6 Å². The maximum atomic E-state index is 5.46. The highest BCUT2D eigenvalue weighted by molar-refractivity contribution is 7.59. The summed E-state index contributed by atoms with van der Waals surface area (Å²) in [4.78, 5) is 15.4. The maximum absolute atomic E-state index is 5.46. The zero-order chi connectivity index (χ0) is 50.4. The number of nitrogens with zero attached hydrogens (tertiary/aromatic N) is 3. The van der Waals surface area contributed by atoms with Gasteiger partial charge in [0.2, 0.25) is 0 Å². The molecule has 1 aliphatic carbocycles. The fourth-order valence-electron chi connectivity index (χ4n) is 10.2. The van der Waals surface area contributed by atoms with Crippen LogP contribution in [0.25, 0.3) is 101 Å². The second-order valence-electron chi connectivity index (χ2n) is 18.8. The number of fused-ring (bicyclic) bond motifs is 2. The van der Waals surface area contributed by atoms with Crippen molar-refractivity contribution in [2.75, 3.05) is 0 Å². The Balaban J connectivity index is 0.00000641. The first-order valence-electron chi connectivity index (χ1n) is 25.4. The lowest BCUT2D eigenvalue weighted by Gasteiger charge is -2.16. The summed E-state index contributed by atoms with van der Waals surface area (Å²) in [6.07, 6.45) is 16.9. The first kappa shape index (κ1) is 49.6. The quantitative estimate of drug-likeness (QED) is 0.0888. The molecule has 0 amide bonds. The summed E-state index contributed by atoms with van der Waals surface area (Å²) in [5.74, 6) is 0.580. The van der Waals surface area contributed by atoms with Crippen molar-refractivity contribution in [1.29, 1.82) is 0 Å². The maximum Gasteiger partial charge on any atom is 0.160 e. The third kappa shape index (κ3) is 10.6. The topological polar surface area (TPSA) is 37.6 Å². The number of aryl methyl sites for hydroxylation is 1. The molecule has 0 N–H and O–H groups in total. The van der Waals surface area contributed by atoms with E-state index in [4.69, 9.17) is 9.98 Å². The van der Waals surface area contributed by atoms with E-state index in [-0.39, 0.29) is 13.5 Å². The van der Waals surface area contributed by atoms with E-state index in [2.05, 4.69) is 250 Å². The lowest BCUT2D eigenvalue weighted by molar-refractivity contribution is 0.972. The molecule has 4 heteroatoms. The van der Waals surface area contributed by atoms with E-state index in [9.17, 15) is 0 Å². The van der Waals surface area contributed by atoms with Gasteiger partial charge in [-0.05, 0) is 163 Å². The largest absolute Gasteiger partial charge is 0.264 e. The summed E-state index contributed by atoms with van der Waals surface area (Å²) >= 11 is 0. The molecule has 1 heterocycles. The van der Waals surface area contributed by atoms with Crippen molar-refractivity contribution in [2.45, 2.75) is 26.7 Å². The lowest BCUT2D eigenvalue weighted by Crippen LogP contribution is -2.05. The molecular formula is C71H57N3S. The van der Waals surface area contributed by atoms with Crippen LogP contribution in [0.5, 0.6) is 0 Å². The Hall–Kier alpha value is -8.96. The summed E-state index contributed by atoms with van der Waals surface area (Å²) < 4.78 is 0. The molecule has 0 fully saturated rings. The van der Waals surface area contributed by atoms with Crippen molar-refractivity contribution in [1.82, 2.24) is 4.98 Å². The molecule has 0 bridgehead atoms. The minimum Gasteiger partial charge on any atom is -0.264 e. The van der Waals surface area contributed by atoms with E-state index in [0.717, 1.165) is 108 Å². The van der Waals surface area contributed by atoms with Gasteiger partial charge in [-0.25, -0.2) is 9.98 Å². The van der Waals surface area contributed by atoms with Crippen LogP contribution in [0, 0.1) is 0 Å². The van der Waals surface area contributed by atoms with E-state index < -0.39 is 0 Å². The van der Waals surface area contributed by atoms with Gasteiger partial charge in [0.15, 0.2) is 5.84 Å². The zero-order valence-electron chi connectivity index (χ0n) is 42.3. The van der Waals surface area contributed by atoms with E-state index in [0.29, 0.717) is 11.5 Å². The zero-order valence-corrected chi connectivity index (χ0v) is 43.3. The Labute approximate surface area is 448 Å². The van der Waals surface area contributed by atoms with Crippen molar-refractivity contribution < 1.29 is 0 Å². The van der Waals surface area contributed by atoms with Crippen LogP contribution in [-0.4, -0.2) is 16.5 Å². The van der Waals surface area contributed by atoms with Crippen molar-refractivity contribution >= 4 is 59.7 Å². The molecule has 1 aromatic heterocycles. The highest BCUT2D eigenvalue weighted by atomic mass is 32.1. The number of benzene rings is 9. The molecular weight excluding hydrogens is 927 g/mol. The summed E-state index contributed by atoms with van der Waals surface area (Å²) in [7, 11) is 0. The van der Waals surface area contributed by atoms with Crippen LogP contribution < -0.4 is 0 Å². The monoisotopic (exact) mass is 983 g/mol. The van der Waals surface area contributed by atoms with Crippen LogP contribution in [0.3, 0.4) is 0 Å². The minimum atomic E-state index is 0. The fourth-order valence-corrected chi connectivity index (χ4v) is 10.2. The number of hydrogen-bond donors (Lipinski definition) is 0. The summed E-state index contributed by atoms with van der Waals surface area (Å²) in [6, 6.07) is 73.3. The summed E-state index contributed by atoms with van der Waals surface area (Å²) in [5, 5.41) is 2.38. The molecule has 0 atom stereocenters. The van der Waals surface area contributed by atoms with Gasteiger partial charge < -0.3 is 0 Å².